The van der Waals surface area contributed by atoms with E-state index in [0.29, 0.717) is 36.9 Å². The highest BCUT2D eigenvalue weighted by Crippen LogP contribution is 2.44. The lowest BCUT2D eigenvalue weighted by molar-refractivity contribution is -0.302. The molecule has 2 fully saturated rings. The Morgan fingerprint density at radius 1 is 1.06 bits per heavy atom. The van der Waals surface area contributed by atoms with Crippen molar-refractivity contribution in [2.75, 3.05) is 50.8 Å². The molecule has 13 heteroatoms. The summed E-state index contributed by atoms with van der Waals surface area (Å²) >= 11 is 0. The van der Waals surface area contributed by atoms with Gasteiger partial charge in [-0.25, -0.2) is 9.18 Å². The van der Waals surface area contributed by atoms with Crippen LogP contribution in [-0.4, -0.2) is 85.3 Å². The van der Waals surface area contributed by atoms with Gasteiger partial charge >= 0.3 is 18.4 Å². The lowest BCUT2D eigenvalue weighted by atomic mass is 9.93. The van der Waals surface area contributed by atoms with Crippen LogP contribution in [0, 0.1) is 11.7 Å². The zero-order chi connectivity index (χ0) is 23.7. The topological polar surface area (TPSA) is 56.2 Å². The number of carbonyl (C=O) groups is 1. The highest BCUT2D eigenvalue weighted by atomic mass is 19.4. The van der Waals surface area contributed by atoms with Crippen molar-refractivity contribution >= 4 is 11.8 Å². The Bertz CT molecular complexity index is 798. The van der Waals surface area contributed by atoms with Crippen molar-refractivity contribution in [3.63, 3.8) is 0 Å². The summed E-state index contributed by atoms with van der Waals surface area (Å²) in [6, 6.07) is 1.83. The lowest BCUT2D eigenvalue weighted by Crippen LogP contribution is -2.62. The van der Waals surface area contributed by atoms with Crippen LogP contribution in [0.3, 0.4) is 0 Å². The third-order valence-electron chi connectivity index (χ3n) is 5.68. The van der Waals surface area contributed by atoms with Gasteiger partial charge in [-0.2, -0.15) is 26.3 Å². The average molecular weight is 473 g/mol. The van der Waals surface area contributed by atoms with E-state index in [4.69, 9.17) is 9.84 Å². The van der Waals surface area contributed by atoms with Gasteiger partial charge in [0.1, 0.15) is 5.82 Å². The molecule has 1 amide bonds. The number of halogens is 7. The molecule has 1 unspecified atom stereocenters. The van der Waals surface area contributed by atoms with Crippen LogP contribution in [0.4, 0.5) is 41.2 Å². The largest absolute Gasteiger partial charge is 0.465 e. The summed E-state index contributed by atoms with van der Waals surface area (Å²) in [6.07, 6.45) is -12.9. The number of carboxylic acid groups (broad SMARTS) is 1. The molecule has 2 heterocycles. The fraction of sp³-hybridized carbons (Fsp3) is 0.632. The molecule has 1 aromatic rings. The van der Waals surface area contributed by atoms with Crippen LogP contribution in [0.25, 0.3) is 0 Å². The molecule has 0 aliphatic carbocycles. The minimum Gasteiger partial charge on any atom is -0.465 e. The quantitative estimate of drug-likeness (QED) is 0.678. The molecule has 1 atom stereocenters. The van der Waals surface area contributed by atoms with Gasteiger partial charge in [0, 0.05) is 56.6 Å². The SMILES string of the molecule is O=C(O)N1CCN(Cc2ccc(N3CCOCC3)cc2F)C(C(C(F)(F)F)C(F)(F)F)C1. The van der Waals surface area contributed by atoms with Gasteiger partial charge in [-0.3, -0.25) is 4.90 Å². The van der Waals surface area contributed by atoms with Crippen molar-refractivity contribution in [3.8, 4) is 0 Å². The third kappa shape index (κ3) is 5.55. The zero-order valence-electron chi connectivity index (χ0n) is 16.8. The monoisotopic (exact) mass is 473 g/mol. The standard InChI is InChI=1S/C19H22F7N3O3/c20-14-9-13(27-5-7-32-8-6-27)2-1-12(14)10-28-3-4-29(17(30)31)11-15(28)16(18(21,22)23)19(24,25)26/h1-2,9,15-16H,3-8,10-11H2,(H,30,31). The predicted octanol–water partition coefficient (Wildman–Crippen LogP) is 3.57. The first-order valence-corrected chi connectivity index (χ1v) is 9.84. The van der Waals surface area contributed by atoms with Crippen LogP contribution in [0.15, 0.2) is 18.2 Å². The first-order valence-electron chi connectivity index (χ1n) is 9.84. The molecule has 2 aliphatic heterocycles. The number of hydrogen-bond acceptors (Lipinski definition) is 4. The minimum atomic E-state index is -5.65. The first kappa shape index (κ1) is 24.4. The molecule has 0 saturated carbocycles. The van der Waals surface area contributed by atoms with Gasteiger partial charge in [-0.05, 0) is 12.1 Å². The van der Waals surface area contributed by atoms with Gasteiger partial charge < -0.3 is 19.6 Å². The highest BCUT2D eigenvalue weighted by molar-refractivity contribution is 5.65. The van der Waals surface area contributed by atoms with Crippen LogP contribution >= 0.6 is 0 Å². The van der Waals surface area contributed by atoms with E-state index in [1.165, 1.54) is 12.1 Å². The van der Waals surface area contributed by atoms with Gasteiger partial charge in [0.15, 0.2) is 5.92 Å². The number of benzene rings is 1. The average Bonchev–Trinajstić information content (AvgIpc) is 2.69. The smallest absolute Gasteiger partial charge is 0.407 e. The van der Waals surface area contributed by atoms with Crippen molar-refractivity contribution < 1.29 is 45.4 Å². The zero-order valence-corrected chi connectivity index (χ0v) is 16.8. The molecule has 32 heavy (non-hydrogen) atoms. The number of rotatable bonds is 4. The molecular formula is C19H22F7N3O3. The maximum absolute atomic E-state index is 14.7. The van der Waals surface area contributed by atoms with E-state index in [-0.39, 0.29) is 12.1 Å². The summed E-state index contributed by atoms with van der Waals surface area (Å²) in [5, 5.41) is 9.09. The number of amides is 1. The van der Waals surface area contributed by atoms with E-state index in [2.05, 4.69) is 0 Å². The molecule has 6 nitrogen and oxygen atoms in total. The molecule has 0 bridgehead atoms. The normalized spacial score (nSPS) is 21.3. The van der Waals surface area contributed by atoms with Gasteiger partial charge in [-0.15, -0.1) is 0 Å². The second-order valence-electron chi connectivity index (χ2n) is 7.70. The van der Waals surface area contributed by atoms with Crippen LogP contribution in [0.5, 0.6) is 0 Å². The maximum Gasteiger partial charge on any atom is 0.407 e. The Morgan fingerprint density at radius 3 is 2.22 bits per heavy atom. The Kier molecular flexibility index (Phi) is 7.08. The summed E-state index contributed by atoms with van der Waals surface area (Å²) in [5.41, 5.74) is 0.462. The number of piperazine rings is 1. The van der Waals surface area contributed by atoms with Crippen molar-refractivity contribution in [2.45, 2.75) is 24.9 Å². The molecule has 0 radical (unpaired) electrons. The molecule has 2 aliphatic rings. The Hall–Kier alpha value is -2.28. The molecule has 180 valence electrons. The van der Waals surface area contributed by atoms with Crippen molar-refractivity contribution in [3.05, 3.63) is 29.6 Å². The summed E-state index contributed by atoms with van der Waals surface area (Å²) < 4.78 is 100. The Balaban J connectivity index is 1.86. The van der Waals surface area contributed by atoms with E-state index in [0.717, 1.165) is 4.90 Å². The first-order chi connectivity index (χ1) is 14.9. The van der Waals surface area contributed by atoms with Crippen molar-refractivity contribution in [1.82, 2.24) is 9.80 Å². The molecule has 1 N–H and O–H groups in total. The summed E-state index contributed by atoms with van der Waals surface area (Å²) in [4.78, 5) is 14.4. The van der Waals surface area contributed by atoms with E-state index in [1.807, 2.05) is 4.90 Å². The fourth-order valence-electron chi connectivity index (χ4n) is 4.06. The molecule has 2 saturated heterocycles. The number of alkyl halides is 6. The van der Waals surface area contributed by atoms with Crippen LogP contribution in [0.1, 0.15) is 5.56 Å². The van der Waals surface area contributed by atoms with Crippen LogP contribution < -0.4 is 4.90 Å². The molecule has 1 aromatic carbocycles. The van der Waals surface area contributed by atoms with Crippen LogP contribution in [0.2, 0.25) is 0 Å². The van der Waals surface area contributed by atoms with Crippen molar-refractivity contribution in [2.24, 2.45) is 5.92 Å². The number of morpholine rings is 1. The van der Waals surface area contributed by atoms with E-state index in [9.17, 15) is 35.5 Å². The number of anilines is 1. The van der Waals surface area contributed by atoms with E-state index < -0.39 is 55.9 Å². The highest BCUT2D eigenvalue weighted by Gasteiger charge is 2.62. The second kappa shape index (κ2) is 9.30. The molecular weight excluding hydrogens is 451 g/mol. The summed E-state index contributed by atoms with van der Waals surface area (Å²) in [7, 11) is 0. The van der Waals surface area contributed by atoms with Crippen LogP contribution in [-0.2, 0) is 11.3 Å². The lowest BCUT2D eigenvalue weighted by Gasteiger charge is -2.44. The summed E-state index contributed by atoms with van der Waals surface area (Å²) in [6.45, 7) is -0.243. The second-order valence-corrected chi connectivity index (χ2v) is 7.70. The minimum absolute atomic E-state index is 0.0705. The van der Waals surface area contributed by atoms with Gasteiger partial charge in [0.25, 0.3) is 0 Å². The van der Waals surface area contributed by atoms with E-state index >= 15 is 0 Å². The molecule has 3 rings (SSSR count). The van der Waals surface area contributed by atoms with E-state index in [1.54, 1.807) is 6.07 Å². The van der Waals surface area contributed by atoms with Gasteiger partial charge in [0.2, 0.25) is 0 Å². The maximum atomic E-state index is 14.7. The Labute approximate surface area is 179 Å². The van der Waals surface area contributed by atoms with Crippen molar-refractivity contribution in [1.29, 1.82) is 0 Å². The number of nitrogens with zero attached hydrogens (tertiary/aromatic N) is 3. The molecule has 0 aromatic heterocycles. The summed E-state index contributed by atoms with van der Waals surface area (Å²) in [5.74, 6) is -4.53. The fourth-order valence-corrected chi connectivity index (χ4v) is 4.06. The van der Waals surface area contributed by atoms with Gasteiger partial charge in [0.05, 0.1) is 13.2 Å². The number of hydrogen-bond donors (Lipinski definition) is 1. The Morgan fingerprint density at radius 2 is 1.69 bits per heavy atom. The van der Waals surface area contributed by atoms with Gasteiger partial charge in [-0.1, -0.05) is 6.07 Å². The molecule has 0 spiro atoms. The number of ether oxygens (including phenoxy) is 1. The predicted molar refractivity (Wildman–Crippen MR) is 98.8 cm³/mol. The third-order valence-corrected chi connectivity index (χ3v) is 5.68.